The SMILES string of the molecule is CCCCCCc1ccccc1[As](=O)O. The zero-order valence-electron chi connectivity index (χ0n) is 9.15. The number of rotatable bonds is 6. The van der Waals surface area contributed by atoms with E-state index in [4.69, 9.17) is 0 Å². The second-order valence-electron chi connectivity index (χ2n) is 3.71. The fourth-order valence-electron chi connectivity index (χ4n) is 1.65. The molecule has 3 heteroatoms. The van der Waals surface area contributed by atoms with Crippen LogP contribution in [0.15, 0.2) is 24.3 Å². The Hall–Kier alpha value is -0.462. The molecule has 1 N–H and O–H groups in total. The van der Waals surface area contributed by atoms with Crippen LogP contribution in [-0.2, 0) is 10.2 Å². The van der Waals surface area contributed by atoms with Gasteiger partial charge < -0.3 is 0 Å². The Bertz CT molecular complexity index is 323. The Kier molecular flexibility index (Phi) is 5.82. The van der Waals surface area contributed by atoms with E-state index in [9.17, 15) is 7.84 Å². The molecule has 2 nitrogen and oxygen atoms in total. The summed E-state index contributed by atoms with van der Waals surface area (Å²) < 4.78 is 21.0. The third kappa shape index (κ3) is 4.27. The van der Waals surface area contributed by atoms with Crippen molar-refractivity contribution < 1.29 is 7.84 Å². The number of hydrogen-bond acceptors (Lipinski definition) is 1. The minimum atomic E-state index is -2.94. The molecule has 0 aromatic heterocycles. The van der Waals surface area contributed by atoms with Gasteiger partial charge in [0, 0.05) is 0 Å². The third-order valence-corrected chi connectivity index (χ3v) is 4.28. The second-order valence-corrected chi connectivity index (χ2v) is 5.87. The standard InChI is InChI=1S/C12H18AsO2/c1-2-3-4-5-8-11-9-6-7-10-12(11)13(14)15/h6-7,9-10H,2-5,8H2,1H3,(H,14,15). The van der Waals surface area contributed by atoms with E-state index < -0.39 is 14.9 Å². The molecular formula is C12H18AsO2. The summed E-state index contributed by atoms with van der Waals surface area (Å²) in [4.78, 5) is 0. The van der Waals surface area contributed by atoms with Crippen LogP contribution in [0.5, 0.6) is 0 Å². The molecule has 0 saturated heterocycles. The molecule has 0 bridgehead atoms. The van der Waals surface area contributed by atoms with Gasteiger partial charge in [-0.05, 0) is 0 Å². The first-order chi connectivity index (χ1) is 7.25. The average Bonchev–Trinajstić information content (AvgIpc) is 2.25. The summed E-state index contributed by atoms with van der Waals surface area (Å²) in [5.41, 5.74) is 1.06. The van der Waals surface area contributed by atoms with Gasteiger partial charge in [0.1, 0.15) is 0 Å². The molecule has 0 spiro atoms. The second kappa shape index (κ2) is 6.92. The normalized spacial score (nSPS) is 11.5. The molecule has 1 rings (SSSR count). The van der Waals surface area contributed by atoms with E-state index >= 15 is 0 Å². The van der Waals surface area contributed by atoms with Crippen LogP contribution in [0.2, 0.25) is 0 Å². The van der Waals surface area contributed by atoms with Crippen molar-refractivity contribution in [3.8, 4) is 0 Å². The van der Waals surface area contributed by atoms with Crippen LogP contribution < -0.4 is 4.35 Å². The van der Waals surface area contributed by atoms with Gasteiger partial charge in [-0.1, -0.05) is 0 Å². The molecule has 1 atom stereocenters. The molecule has 1 aromatic rings. The Morgan fingerprint density at radius 3 is 2.60 bits per heavy atom. The third-order valence-electron chi connectivity index (χ3n) is 2.50. The quantitative estimate of drug-likeness (QED) is 0.633. The zero-order valence-corrected chi connectivity index (χ0v) is 11.0. The Morgan fingerprint density at radius 2 is 1.93 bits per heavy atom. The number of unbranched alkanes of at least 4 members (excludes halogenated alkanes) is 3. The van der Waals surface area contributed by atoms with E-state index in [0.29, 0.717) is 4.35 Å². The van der Waals surface area contributed by atoms with Crippen molar-refractivity contribution in [3.63, 3.8) is 0 Å². The van der Waals surface area contributed by atoms with Crippen LogP contribution >= 0.6 is 0 Å². The maximum atomic E-state index is 11.1. The van der Waals surface area contributed by atoms with Crippen molar-refractivity contribution in [2.45, 2.75) is 39.0 Å². The van der Waals surface area contributed by atoms with Crippen molar-refractivity contribution in [2.24, 2.45) is 0 Å². The van der Waals surface area contributed by atoms with Gasteiger partial charge in [0.05, 0.1) is 0 Å². The van der Waals surface area contributed by atoms with Gasteiger partial charge in [0.15, 0.2) is 0 Å². The first kappa shape index (κ1) is 12.6. The first-order valence-corrected chi connectivity index (χ1v) is 8.04. The predicted octanol–water partition coefficient (Wildman–Crippen LogP) is 1.93. The molecule has 0 heterocycles. The van der Waals surface area contributed by atoms with Gasteiger partial charge in [0.2, 0.25) is 0 Å². The van der Waals surface area contributed by atoms with E-state index in [1.807, 2.05) is 18.2 Å². The molecule has 1 aromatic carbocycles. The van der Waals surface area contributed by atoms with Crippen molar-refractivity contribution in [1.29, 1.82) is 0 Å². The summed E-state index contributed by atoms with van der Waals surface area (Å²) in [7, 11) is 0. The van der Waals surface area contributed by atoms with Crippen molar-refractivity contribution in [1.82, 2.24) is 0 Å². The maximum absolute atomic E-state index is 11.1. The monoisotopic (exact) mass is 269 g/mol. The number of hydrogen-bond donors (Lipinski definition) is 1. The molecule has 1 radical (unpaired) electrons. The van der Waals surface area contributed by atoms with Gasteiger partial charge in [-0.15, -0.1) is 0 Å². The molecule has 0 aliphatic carbocycles. The molecule has 15 heavy (non-hydrogen) atoms. The van der Waals surface area contributed by atoms with Crippen LogP contribution in [-0.4, -0.2) is 19.0 Å². The van der Waals surface area contributed by atoms with Gasteiger partial charge in [-0.3, -0.25) is 0 Å². The summed E-state index contributed by atoms with van der Waals surface area (Å²) in [5.74, 6) is 0. The fourth-order valence-corrected chi connectivity index (χ4v) is 3.01. The molecule has 0 fully saturated rings. The van der Waals surface area contributed by atoms with Crippen molar-refractivity contribution in [2.75, 3.05) is 0 Å². The van der Waals surface area contributed by atoms with Gasteiger partial charge in [0.25, 0.3) is 0 Å². The van der Waals surface area contributed by atoms with Crippen LogP contribution in [0.25, 0.3) is 0 Å². The predicted molar refractivity (Wildman–Crippen MR) is 62.6 cm³/mol. The van der Waals surface area contributed by atoms with Crippen LogP contribution in [0.3, 0.4) is 0 Å². The van der Waals surface area contributed by atoms with Gasteiger partial charge >= 0.3 is 96.0 Å². The van der Waals surface area contributed by atoms with Gasteiger partial charge in [-0.2, -0.15) is 0 Å². The number of benzene rings is 1. The van der Waals surface area contributed by atoms with Crippen molar-refractivity contribution in [3.05, 3.63) is 29.8 Å². The zero-order chi connectivity index (χ0) is 11.1. The van der Waals surface area contributed by atoms with Crippen molar-refractivity contribution >= 4 is 19.3 Å². The fraction of sp³-hybridized carbons (Fsp3) is 0.500. The van der Waals surface area contributed by atoms with E-state index in [-0.39, 0.29) is 0 Å². The minimum absolute atomic E-state index is 0.682. The van der Waals surface area contributed by atoms with E-state index in [1.54, 1.807) is 6.07 Å². The molecule has 0 aliphatic heterocycles. The molecule has 0 saturated carbocycles. The van der Waals surface area contributed by atoms with Crippen LogP contribution in [0.1, 0.15) is 38.2 Å². The average molecular weight is 269 g/mol. The Balaban J connectivity index is 2.56. The summed E-state index contributed by atoms with van der Waals surface area (Å²) in [6, 6.07) is 7.52. The van der Waals surface area contributed by atoms with Gasteiger partial charge in [-0.25, -0.2) is 0 Å². The summed E-state index contributed by atoms with van der Waals surface area (Å²) in [6.45, 7) is 2.18. The summed E-state index contributed by atoms with van der Waals surface area (Å²) in [5, 5.41) is 0. The van der Waals surface area contributed by atoms with E-state index in [2.05, 4.69) is 6.92 Å². The molecular weight excluding hydrogens is 251 g/mol. The van der Waals surface area contributed by atoms with Crippen LogP contribution in [0, 0.1) is 0 Å². The molecule has 83 valence electrons. The summed E-state index contributed by atoms with van der Waals surface area (Å²) >= 11 is -2.94. The Labute approximate surface area is 96.2 Å². The van der Waals surface area contributed by atoms with E-state index in [0.717, 1.165) is 18.4 Å². The summed E-state index contributed by atoms with van der Waals surface area (Å²) in [6.07, 6.45) is 5.74. The molecule has 0 amide bonds. The first-order valence-electron chi connectivity index (χ1n) is 5.49. The van der Waals surface area contributed by atoms with Crippen LogP contribution in [0.4, 0.5) is 0 Å². The number of aryl methyl sites for hydroxylation is 1. The Morgan fingerprint density at radius 1 is 1.20 bits per heavy atom. The molecule has 1 unspecified atom stereocenters. The topological polar surface area (TPSA) is 37.3 Å². The van der Waals surface area contributed by atoms with E-state index in [1.165, 1.54) is 19.3 Å². The molecule has 0 aliphatic rings.